The summed E-state index contributed by atoms with van der Waals surface area (Å²) in [7, 11) is 0. The molecular formula is C21H21NO4. The zero-order chi connectivity index (χ0) is 18.5. The van der Waals surface area contributed by atoms with Gasteiger partial charge in [0, 0.05) is 17.9 Å². The first-order chi connectivity index (χ1) is 12.4. The number of rotatable bonds is 3. The Morgan fingerprint density at radius 1 is 1.08 bits per heavy atom. The lowest BCUT2D eigenvalue weighted by atomic mass is 9.82. The van der Waals surface area contributed by atoms with Crippen LogP contribution in [0.1, 0.15) is 37.3 Å². The summed E-state index contributed by atoms with van der Waals surface area (Å²) < 4.78 is 5.58. The summed E-state index contributed by atoms with van der Waals surface area (Å²) >= 11 is 0. The second-order valence-electron chi connectivity index (χ2n) is 7.54. The summed E-state index contributed by atoms with van der Waals surface area (Å²) in [6.45, 7) is 3.91. The Morgan fingerprint density at radius 3 is 2.12 bits per heavy atom. The van der Waals surface area contributed by atoms with Gasteiger partial charge in [-0.25, -0.2) is 9.59 Å². The maximum absolute atomic E-state index is 12.6. The number of ether oxygens (including phenoxy) is 1. The number of nitrogens with zero attached hydrogens (tertiary/aromatic N) is 1. The molecule has 0 aromatic heterocycles. The first-order valence-electron chi connectivity index (χ1n) is 8.77. The molecule has 0 bridgehead atoms. The number of likely N-dealkylation sites (tertiary alicyclic amines) is 1. The molecule has 1 aliphatic heterocycles. The van der Waals surface area contributed by atoms with Crippen LogP contribution in [0.15, 0.2) is 48.5 Å². The lowest BCUT2D eigenvalue weighted by molar-refractivity contribution is -0.155. The van der Waals surface area contributed by atoms with Gasteiger partial charge in [-0.3, -0.25) is 4.90 Å². The molecule has 134 valence electrons. The van der Waals surface area contributed by atoms with Crippen molar-refractivity contribution in [3.8, 4) is 11.1 Å². The van der Waals surface area contributed by atoms with Gasteiger partial charge in [-0.2, -0.15) is 0 Å². The van der Waals surface area contributed by atoms with Gasteiger partial charge in [-0.1, -0.05) is 48.5 Å². The highest BCUT2D eigenvalue weighted by Gasteiger charge is 2.52. The minimum atomic E-state index is -0.988. The number of hydrogen-bond donors (Lipinski definition) is 1. The Bertz CT molecular complexity index is 844. The van der Waals surface area contributed by atoms with Crippen molar-refractivity contribution in [3.63, 3.8) is 0 Å². The number of fused-ring (bicyclic) bond motifs is 3. The van der Waals surface area contributed by atoms with E-state index in [4.69, 9.17) is 4.74 Å². The Morgan fingerprint density at radius 2 is 1.62 bits per heavy atom. The lowest BCUT2D eigenvalue weighted by Gasteiger charge is -2.51. The lowest BCUT2D eigenvalue weighted by Crippen LogP contribution is -2.67. The Kier molecular flexibility index (Phi) is 3.75. The molecule has 1 heterocycles. The quantitative estimate of drug-likeness (QED) is 0.911. The normalized spacial score (nSPS) is 20.1. The third-order valence-electron chi connectivity index (χ3n) is 5.47. The van der Waals surface area contributed by atoms with Crippen LogP contribution in [0.4, 0.5) is 4.79 Å². The van der Waals surface area contributed by atoms with E-state index in [0.29, 0.717) is 6.42 Å². The van der Waals surface area contributed by atoms with E-state index in [1.54, 1.807) is 0 Å². The molecule has 1 atom stereocenters. The van der Waals surface area contributed by atoms with E-state index < -0.39 is 23.6 Å². The third-order valence-corrected chi connectivity index (χ3v) is 5.47. The SMILES string of the molecule is CC1(C)CC(C(=O)O)N1C(=O)OCC1c2ccccc2-c2ccccc21. The molecule has 26 heavy (non-hydrogen) atoms. The summed E-state index contributed by atoms with van der Waals surface area (Å²) in [6, 6.07) is 15.4. The van der Waals surface area contributed by atoms with Crippen molar-refractivity contribution in [1.82, 2.24) is 4.90 Å². The van der Waals surface area contributed by atoms with Crippen molar-refractivity contribution < 1.29 is 19.4 Å². The number of carbonyl (C=O) groups is 2. The first kappa shape index (κ1) is 16.6. The van der Waals surface area contributed by atoms with Crippen LogP contribution >= 0.6 is 0 Å². The smallest absolute Gasteiger partial charge is 0.410 e. The van der Waals surface area contributed by atoms with E-state index in [0.717, 1.165) is 22.3 Å². The van der Waals surface area contributed by atoms with E-state index in [-0.39, 0.29) is 12.5 Å². The molecule has 4 rings (SSSR count). The monoisotopic (exact) mass is 351 g/mol. The number of aliphatic carboxylic acids is 1. The van der Waals surface area contributed by atoms with Gasteiger partial charge >= 0.3 is 12.1 Å². The predicted octanol–water partition coefficient (Wildman–Crippen LogP) is 3.87. The largest absolute Gasteiger partial charge is 0.480 e. The molecular weight excluding hydrogens is 330 g/mol. The fourth-order valence-electron chi connectivity index (χ4n) is 4.21. The molecule has 0 saturated carbocycles. The van der Waals surface area contributed by atoms with Gasteiger partial charge in [-0.05, 0) is 36.1 Å². The molecule has 1 unspecified atom stereocenters. The maximum Gasteiger partial charge on any atom is 0.410 e. The fourth-order valence-corrected chi connectivity index (χ4v) is 4.21. The molecule has 5 nitrogen and oxygen atoms in total. The van der Waals surface area contributed by atoms with Gasteiger partial charge in [0.05, 0.1) is 0 Å². The minimum Gasteiger partial charge on any atom is -0.480 e. The Hall–Kier alpha value is -2.82. The molecule has 1 saturated heterocycles. The molecule has 2 aliphatic rings. The summed E-state index contributed by atoms with van der Waals surface area (Å²) in [4.78, 5) is 25.2. The van der Waals surface area contributed by atoms with Crippen LogP contribution in [0.5, 0.6) is 0 Å². The standard InChI is InChI=1S/C21H21NO4/c1-21(2)11-18(19(23)24)22(21)20(25)26-12-17-15-9-5-3-7-13(15)14-8-4-6-10-16(14)17/h3-10,17-18H,11-12H2,1-2H3,(H,23,24). The van der Waals surface area contributed by atoms with E-state index in [1.165, 1.54) is 4.90 Å². The van der Waals surface area contributed by atoms with Crippen LogP contribution in [-0.4, -0.2) is 40.3 Å². The average molecular weight is 351 g/mol. The van der Waals surface area contributed by atoms with Crippen LogP contribution in [0, 0.1) is 0 Å². The van der Waals surface area contributed by atoms with Crippen molar-refractivity contribution in [2.24, 2.45) is 0 Å². The highest BCUT2D eigenvalue weighted by molar-refractivity contribution is 5.83. The van der Waals surface area contributed by atoms with Crippen molar-refractivity contribution in [2.45, 2.75) is 37.8 Å². The summed E-state index contributed by atoms with van der Waals surface area (Å²) in [5, 5.41) is 9.28. The van der Waals surface area contributed by atoms with Crippen molar-refractivity contribution >= 4 is 12.1 Å². The maximum atomic E-state index is 12.6. The molecule has 1 amide bonds. The molecule has 1 fully saturated rings. The minimum absolute atomic E-state index is 0.0287. The molecule has 0 spiro atoms. The zero-order valence-corrected chi connectivity index (χ0v) is 14.8. The fraction of sp³-hybridized carbons (Fsp3) is 0.333. The van der Waals surface area contributed by atoms with Gasteiger partial charge in [-0.15, -0.1) is 0 Å². The molecule has 1 N–H and O–H groups in total. The van der Waals surface area contributed by atoms with Crippen molar-refractivity contribution in [1.29, 1.82) is 0 Å². The van der Waals surface area contributed by atoms with Gasteiger partial charge in [0.1, 0.15) is 12.6 Å². The van der Waals surface area contributed by atoms with E-state index >= 15 is 0 Å². The molecule has 5 heteroatoms. The first-order valence-corrected chi connectivity index (χ1v) is 8.77. The van der Waals surface area contributed by atoms with E-state index in [1.807, 2.05) is 38.1 Å². The average Bonchev–Trinajstić information content (AvgIpc) is 2.92. The summed E-state index contributed by atoms with van der Waals surface area (Å²) in [5.41, 5.74) is 4.11. The number of carbonyl (C=O) groups excluding carboxylic acids is 1. The second kappa shape index (κ2) is 5.87. The Labute approximate surface area is 152 Å². The molecule has 2 aromatic carbocycles. The van der Waals surface area contributed by atoms with E-state index in [2.05, 4.69) is 24.3 Å². The molecule has 0 radical (unpaired) electrons. The van der Waals surface area contributed by atoms with Crippen LogP contribution in [-0.2, 0) is 9.53 Å². The van der Waals surface area contributed by atoms with Crippen molar-refractivity contribution in [3.05, 3.63) is 59.7 Å². The zero-order valence-electron chi connectivity index (χ0n) is 14.8. The number of carboxylic acids is 1. The summed E-state index contributed by atoms with van der Waals surface area (Å²) in [6.07, 6.45) is -0.123. The second-order valence-corrected chi connectivity index (χ2v) is 7.54. The number of hydrogen-bond acceptors (Lipinski definition) is 3. The third kappa shape index (κ3) is 2.46. The summed E-state index contributed by atoms with van der Waals surface area (Å²) in [5.74, 6) is -1.02. The van der Waals surface area contributed by atoms with Crippen LogP contribution in [0.2, 0.25) is 0 Å². The number of carboxylic acid groups (broad SMARTS) is 1. The number of amides is 1. The molecule has 1 aliphatic carbocycles. The van der Waals surface area contributed by atoms with Gasteiger partial charge in [0.2, 0.25) is 0 Å². The van der Waals surface area contributed by atoms with Gasteiger partial charge < -0.3 is 9.84 Å². The van der Waals surface area contributed by atoms with Crippen LogP contribution in [0.3, 0.4) is 0 Å². The topological polar surface area (TPSA) is 66.8 Å². The Balaban J connectivity index is 1.55. The molecule has 2 aromatic rings. The van der Waals surface area contributed by atoms with Crippen molar-refractivity contribution in [2.75, 3.05) is 6.61 Å². The highest BCUT2D eigenvalue weighted by Crippen LogP contribution is 2.45. The van der Waals surface area contributed by atoms with E-state index in [9.17, 15) is 14.7 Å². The van der Waals surface area contributed by atoms with Gasteiger partial charge in [0.15, 0.2) is 0 Å². The predicted molar refractivity (Wildman–Crippen MR) is 97.0 cm³/mol. The van der Waals surface area contributed by atoms with Crippen LogP contribution < -0.4 is 0 Å². The van der Waals surface area contributed by atoms with Crippen LogP contribution in [0.25, 0.3) is 11.1 Å². The van der Waals surface area contributed by atoms with Gasteiger partial charge in [0.25, 0.3) is 0 Å². The number of benzene rings is 2. The highest BCUT2D eigenvalue weighted by atomic mass is 16.6.